The highest BCUT2D eigenvalue weighted by molar-refractivity contribution is 6.74. The number of hydrogen-bond donors (Lipinski definition) is 1. The Morgan fingerprint density at radius 2 is 1.89 bits per heavy atom. The summed E-state index contributed by atoms with van der Waals surface area (Å²) in [5, 5.41) is 14.7. The monoisotopic (exact) mass is 407 g/mol. The van der Waals surface area contributed by atoms with Gasteiger partial charge in [0.1, 0.15) is 18.2 Å². The van der Waals surface area contributed by atoms with Crippen LogP contribution in [0.5, 0.6) is 0 Å². The zero-order chi connectivity index (χ0) is 20.5. The van der Waals surface area contributed by atoms with Gasteiger partial charge in [-0.2, -0.15) is 0 Å². The third kappa shape index (κ3) is 4.26. The average molecular weight is 408 g/mol. The van der Waals surface area contributed by atoms with Gasteiger partial charge < -0.3 is 23.7 Å². The highest BCUT2D eigenvalue weighted by Crippen LogP contribution is 2.41. The molecule has 9 heteroatoms. The van der Waals surface area contributed by atoms with Crippen molar-refractivity contribution in [2.24, 2.45) is 5.11 Å². The summed E-state index contributed by atoms with van der Waals surface area (Å²) in [4.78, 5) is 2.90. The molecule has 2 fully saturated rings. The number of benzene rings is 1. The largest absolute Gasteiger partial charge is 0.392 e. The minimum absolute atomic E-state index is 0.0585. The number of aliphatic hydroxyl groups excluding tert-OH is 1. The Balaban J connectivity index is 1.80. The molecule has 2 saturated heterocycles. The number of ether oxygens (including phenoxy) is 3. The molecule has 0 saturated carbocycles. The van der Waals surface area contributed by atoms with E-state index in [0.29, 0.717) is 0 Å². The van der Waals surface area contributed by atoms with E-state index in [9.17, 15) is 5.11 Å². The maximum Gasteiger partial charge on any atom is 0.195 e. The van der Waals surface area contributed by atoms with Gasteiger partial charge in [0.15, 0.2) is 20.9 Å². The van der Waals surface area contributed by atoms with Crippen LogP contribution in [0.1, 0.15) is 32.6 Å². The molecule has 0 unspecified atom stereocenters. The first-order chi connectivity index (χ1) is 13.1. The summed E-state index contributed by atoms with van der Waals surface area (Å²) in [6.07, 6.45) is -3.68. The molecule has 28 heavy (non-hydrogen) atoms. The van der Waals surface area contributed by atoms with Crippen molar-refractivity contribution in [2.45, 2.75) is 75.8 Å². The molecule has 0 radical (unpaired) electrons. The van der Waals surface area contributed by atoms with E-state index in [-0.39, 0.29) is 11.6 Å². The molecule has 1 aromatic rings. The van der Waals surface area contributed by atoms with E-state index >= 15 is 0 Å². The first-order valence-corrected chi connectivity index (χ1v) is 12.4. The van der Waals surface area contributed by atoms with Crippen LogP contribution in [-0.2, 0) is 18.6 Å². The van der Waals surface area contributed by atoms with Crippen LogP contribution in [0.3, 0.4) is 0 Å². The lowest BCUT2D eigenvalue weighted by molar-refractivity contribution is -0.333. The fraction of sp³-hybridized carbons (Fsp3) is 0.684. The highest BCUT2D eigenvalue weighted by Gasteiger charge is 2.52. The Morgan fingerprint density at radius 1 is 1.21 bits per heavy atom. The SMILES string of the molecule is CC(C)(C)[Si](C)(C)O[C@H]1O[C@@H]2CO[C@@H](c3ccccc3)O[C@H]2[C@H](O)[C@@H]1N=[N+]=[N-]. The predicted molar refractivity (Wildman–Crippen MR) is 106 cm³/mol. The molecule has 2 aliphatic rings. The van der Waals surface area contributed by atoms with Crippen LogP contribution < -0.4 is 0 Å². The van der Waals surface area contributed by atoms with Crippen molar-refractivity contribution in [1.82, 2.24) is 0 Å². The van der Waals surface area contributed by atoms with Crippen LogP contribution in [0.15, 0.2) is 35.4 Å². The van der Waals surface area contributed by atoms with E-state index in [2.05, 4.69) is 43.9 Å². The van der Waals surface area contributed by atoms with Gasteiger partial charge in [0.2, 0.25) is 0 Å². The summed E-state index contributed by atoms with van der Waals surface area (Å²) >= 11 is 0. The third-order valence-corrected chi connectivity index (χ3v) is 10.2. The van der Waals surface area contributed by atoms with Crippen LogP contribution in [0.25, 0.3) is 10.4 Å². The Hall–Kier alpha value is -1.45. The molecule has 8 nitrogen and oxygen atoms in total. The smallest absolute Gasteiger partial charge is 0.195 e. The van der Waals surface area contributed by atoms with Gasteiger partial charge in [-0.3, -0.25) is 0 Å². The second kappa shape index (κ2) is 8.12. The topological polar surface area (TPSA) is 106 Å². The number of aliphatic hydroxyl groups is 1. The Kier molecular flexibility index (Phi) is 6.16. The molecule has 2 heterocycles. The Bertz CT molecular complexity index is 720. The maximum atomic E-state index is 10.9. The number of hydrogen-bond acceptors (Lipinski definition) is 6. The number of nitrogens with zero attached hydrogens (tertiary/aromatic N) is 3. The van der Waals surface area contributed by atoms with Crippen molar-refractivity contribution in [3.05, 3.63) is 46.3 Å². The first-order valence-electron chi connectivity index (χ1n) is 9.51. The van der Waals surface area contributed by atoms with E-state index in [1.54, 1.807) is 0 Å². The quantitative estimate of drug-likeness (QED) is 0.353. The number of rotatable bonds is 4. The summed E-state index contributed by atoms with van der Waals surface area (Å²) in [7, 11) is -2.22. The predicted octanol–water partition coefficient (Wildman–Crippen LogP) is 3.89. The molecule has 0 amide bonds. The summed E-state index contributed by atoms with van der Waals surface area (Å²) in [6.45, 7) is 10.8. The minimum atomic E-state index is -2.22. The molecule has 0 spiro atoms. The second-order valence-corrected chi connectivity index (χ2v) is 13.5. The molecule has 0 bridgehead atoms. The van der Waals surface area contributed by atoms with Crippen LogP contribution in [0, 0.1) is 0 Å². The fourth-order valence-corrected chi connectivity index (χ4v) is 4.23. The number of fused-ring (bicyclic) bond motifs is 1. The van der Waals surface area contributed by atoms with Gasteiger partial charge in [0, 0.05) is 10.5 Å². The first kappa shape index (κ1) is 21.3. The van der Waals surface area contributed by atoms with Crippen LogP contribution in [0.2, 0.25) is 18.1 Å². The standard InChI is InChI=1S/C19H29N3O5Si/c1-19(2,3)28(4,5)27-18-14(21-22-20)15(23)16-13(25-18)11-24-17(26-16)12-9-7-6-8-10-12/h6-10,13-18,23H,11H2,1-5H3/t13-,14+,15-,16-,17-,18-/m1/s1. The summed E-state index contributed by atoms with van der Waals surface area (Å²) in [5.74, 6) is 0. The van der Waals surface area contributed by atoms with Gasteiger partial charge in [-0.25, -0.2) is 0 Å². The Morgan fingerprint density at radius 3 is 2.50 bits per heavy atom. The third-order valence-electron chi connectivity index (χ3n) is 5.81. The van der Waals surface area contributed by atoms with E-state index < -0.39 is 45.3 Å². The lowest BCUT2D eigenvalue weighted by Gasteiger charge is -2.49. The Labute approximate surface area is 166 Å². The molecular weight excluding hydrogens is 378 g/mol. The molecular formula is C19H29N3O5Si. The van der Waals surface area contributed by atoms with Gasteiger partial charge in [-0.05, 0) is 23.7 Å². The van der Waals surface area contributed by atoms with Crippen LogP contribution in [0.4, 0.5) is 0 Å². The number of azide groups is 1. The van der Waals surface area contributed by atoms with Crippen molar-refractivity contribution >= 4 is 8.32 Å². The van der Waals surface area contributed by atoms with Crippen LogP contribution in [-0.4, -0.2) is 50.7 Å². The summed E-state index contributed by atoms with van der Waals surface area (Å²) in [5.41, 5.74) is 9.87. The molecule has 2 aliphatic heterocycles. The molecule has 1 N–H and O–H groups in total. The van der Waals surface area contributed by atoms with Crippen molar-refractivity contribution in [1.29, 1.82) is 0 Å². The van der Waals surface area contributed by atoms with Gasteiger partial charge in [0.05, 0.1) is 12.7 Å². The molecule has 154 valence electrons. The highest BCUT2D eigenvalue weighted by atomic mass is 28.4. The molecule has 0 aliphatic carbocycles. The lowest BCUT2D eigenvalue weighted by Crippen LogP contribution is -2.63. The summed E-state index contributed by atoms with van der Waals surface area (Å²) < 4.78 is 24.2. The molecule has 1 aromatic carbocycles. The van der Waals surface area contributed by atoms with Crippen molar-refractivity contribution in [3.8, 4) is 0 Å². The zero-order valence-corrected chi connectivity index (χ0v) is 18.0. The zero-order valence-electron chi connectivity index (χ0n) is 17.0. The molecule has 0 aromatic heterocycles. The van der Waals surface area contributed by atoms with Crippen molar-refractivity contribution < 1.29 is 23.7 Å². The average Bonchev–Trinajstić information content (AvgIpc) is 2.64. The lowest BCUT2D eigenvalue weighted by atomic mass is 9.96. The van der Waals surface area contributed by atoms with Gasteiger partial charge >= 0.3 is 0 Å². The van der Waals surface area contributed by atoms with E-state index in [1.165, 1.54) is 0 Å². The van der Waals surface area contributed by atoms with E-state index in [0.717, 1.165) is 5.56 Å². The maximum absolute atomic E-state index is 10.9. The van der Waals surface area contributed by atoms with Gasteiger partial charge in [-0.1, -0.05) is 56.2 Å². The van der Waals surface area contributed by atoms with Gasteiger partial charge in [-0.15, -0.1) is 0 Å². The normalized spacial score (nSPS) is 33.6. The van der Waals surface area contributed by atoms with Crippen LogP contribution >= 0.6 is 0 Å². The van der Waals surface area contributed by atoms with E-state index in [4.69, 9.17) is 24.2 Å². The van der Waals surface area contributed by atoms with E-state index in [1.807, 2.05) is 30.3 Å². The molecule has 3 rings (SSSR count). The van der Waals surface area contributed by atoms with Crippen molar-refractivity contribution in [3.63, 3.8) is 0 Å². The van der Waals surface area contributed by atoms with Crippen molar-refractivity contribution in [2.75, 3.05) is 6.61 Å². The second-order valence-electron chi connectivity index (χ2n) is 8.78. The fourth-order valence-electron chi connectivity index (χ4n) is 3.10. The molecule has 6 atom stereocenters. The van der Waals surface area contributed by atoms with Gasteiger partial charge in [0.25, 0.3) is 0 Å². The minimum Gasteiger partial charge on any atom is -0.392 e. The summed E-state index contributed by atoms with van der Waals surface area (Å²) in [6, 6.07) is 8.61.